The first-order valence-electron chi connectivity index (χ1n) is 7.32. The van der Waals surface area contributed by atoms with Crippen LogP contribution < -0.4 is 10.2 Å². The molecule has 0 fully saturated rings. The van der Waals surface area contributed by atoms with Crippen molar-refractivity contribution >= 4 is 17.9 Å². The monoisotopic (exact) mass is 294 g/mol. The van der Waals surface area contributed by atoms with E-state index in [1.165, 1.54) is 6.92 Å². The highest BCUT2D eigenvalue weighted by Crippen LogP contribution is 2.39. The van der Waals surface area contributed by atoms with Gasteiger partial charge in [0, 0.05) is 24.7 Å². The molecule has 3 rings (SSSR count). The van der Waals surface area contributed by atoms with Gasteiger partial charge in [0.25, 0.3) is 0 Å². The Morgan fingerprint density at radius 3 is 2.50 bits per heavy atom. The first-order chi connectivity index (χ1) is 10.7. The van der Waals surface area contributed by atoms with Crippen molar-refractivity contribution in [1.82, 2.24) is 5.32 Å². The summed E-state index contributed by atoms with van der Waals surface area (Å²) >= 11 is 0. The number of rotatable bonds is 4. The summed E-state index contributed by atoms with van der Waals surface area (Å²) in [4.78, 5) is 25.2. The van der Waals surface area contributed by atoms with Gasteiger partial charge in [-0.25, -0.2) is 0 Å². The molecule has 112 valence electrons. The zero-order valence-corrected chi connectivity index (χ0v) is 12.4. The molecule has 0 bridgehead atoms. The van der Waals surface area contributed by atoms with Crippen molar-refractivity contribution in [2.24, 2.45) is 0 Å². The topological polar surface area (TPSA) is 49.4 Å². The molecule has 0 saturated heterocycles. The Hall–Kier alpha value is -2.62. The van der Waals surface area contributed by atoms with Gasteiger partial charge < -0.3 is 15.0 Å². The number of hydrogen-bond donors (Lipinski definition) is 1. The maximum absolute atomic E-state index is 11.7. The fraction of sp³-hybridized carbons (Fsp3) is 0.222. The summed E-state index contributed by atoms with van der Waals surface area (Å²) in [7, 11) is 0. The molecule has 2 atom stereocenters. The minimum atomic E-state index is -0.387. The maximum Gasteiger partial charge on any atom is 0.217 e. The van der Waals surface area contributed by atoms with Gasteiger partial charge in [0.15, 0.2) is 0 Å². The van der Waals surface area contributed by atoms with Crippen molar-refractivity contribution < 1.29 is 9.59 Å². The van der Waals surface area contributed by atoms with E-state index in [-0.39, 0.29) is 18.0 Å². The van der Waals surface area contributed by atoms with Gasteiger partial charge in [-0.1, -0.05) is 48.5 Å². The van der Waals surface area contributed by atoms with E-state index in [9.17, 15) is 9.59 Å². The molecule has 0 aromatic heterocycles. The lowest BCUT2D eigenvalue weighted by Gasteiger charge is -2.26. The van der Waals surface area contributed by atoms with Crippen LogP contribution in [0, 0.1) is 0 Å². The van der Waals surface area contributed by atoms with Crippen LogP contribution in [0.2, 0.25) is 0 Å². The Morgan fingerprint density at radius 1 is 1.14 bits per heavy atom. The highest BCUT2D eigenvalue weighted by Gasteiger charge is 2.38. The lowest BCUT2D eigenvalue weighted by Crippen LogP contribution is -2.41. The average Bonchev–Trinajstić information content (AvgIpc) is 2.81. The number of carbonyl (C=O) groups is 2. The van der Waals surface area contributed by atoms with E-state index >= 15 is 0 Å². The fourth-order valence-corrected chi connectivity index (χ4v) is 3.04. The zero-order chi connectivity index (χ0) is 15.5. The third-order valence-corrected chi connectivity index (χ3v) is 3.98. The molecule has 22 heavy (non-hydrogen) atoms. The Bertz CT molecular complexity index is 684. The van der Waals surface area contributed by atoms with Crippen molar-refractivity contribution in [3.63, 3.8) is 0 Å². The number of benzene rings is 2. The van der Waals surface area contributed by atoms with Gasteiger partial charge in [-0.15, -0.1) is 0 Å². The van der Waals surface area contributed by atoms with Crippen LogP contribution in [0.1, 0.15) is 24.1 Å². The molecule has 4 heteroatoms. The van der Waals surface area contributed by atoms with Crippen LogP contribution in [0.4, 0.5) is 5.69 Å². The summed E-state index contributed by atoms with van der Waals surface area (Å²) in [6, 6.07) is 17.2. The van der Waals surface area contributed by atoms with E-state index in [1.54, 1.807) is 0 Å². The second kappa shape index (κ2) is 6.02. The lowest BCUT2D eigenvalue weighted by atomic mass is 10.0. The van der Waals surface area contributed by atoms with Gasteiger partial charge in [-0.2, -0.15) is 0 Å². The predicted octanol–water partition coefficient (Wildman–Crippen LogP) is 2.45. The van der Waals surface area contributed by atoms with Crippen LogP contribution in [-0.2, 0) is 16.1 Å². The van der Waals surface area contributed by atoms with Gasteiger partial charge in [0.2, 0.25) is 5.91 Å². The average molecular weight is 294 g/mol. The van der Waals surface area contributed by atoms with Crippen LogP contribution >= 0.6 is 0 Å². The summed E-state index contributed by atoms with van der Waals surface area (Å²) in [5.74, 6) is -0.131. The van der Waals surface area contributed by atoms with Crippen molar-refractivity contribution in [3.8, 4) is 0 Å². The van der Waals surface area contributed by atoms with Crippen LogP contribution in [0.25, 0.3) is 0 Å². The highest BCUT2D eigenvalue weighted by atomic mass is 16.1. The summed E-state index contributed by atoms with van der Waals surface area (Å²) in [5.41, 5.74) is 3.13. The number of aldehydes is 1. The van der Waals surface area contributed by atoms with Crippen molar-refractivity contribution in [2.75, 3.05) is 4.90 Å². The number of amides is 1. The minimum Gasteiger partial charge on any atom is -0.355 e. The summed E-state index contributed by atoms with van der Waals surface area (Å²) in [5, 5.41) is 2.90. The molecule has 2 aromatic carbocycles. The zero-order valence-electron chi connectivity index (χ0n) is 12.4. The fourth-order valence-electron chi connectivity index (χ4n) is 3.04. The molecular formula is C18H18N2O2. The number of hydrogen-bond acceptors (Lipinski definition) is 3. The van der Waals surface area contributed by atoms with Crippen LogP contribution in [-0.4, -0.2) is 18.2 Å². The number of nitrogens with one attached hydrogen (secondary N) is 1. The molecule has 1 heterocycles. The van der Waals surface area contributed by atoms with E-state index in [4.69, 9.17) is 0 Å². The number of anilines is 1. The first kappa shape index (κ1) is 14.3. The van der Waals surface area contributed by atoms with Crippen molar-refractivity contribution in [2.45, 2.75) is 25.6 Å². The minimum absolute atomic E-state index is 0.131. The molecule has 2 aromatic rings. The molecule has 0 aliphatic carbocycles. The van der Waals surface area contributed by atoms with Gasteiger partial charge in [-0.3, -0.25) is 4.79 Å². The molecule has 1 N–H and O–H groups in total. The first-order valence-corrected chi connectivity index (χ1v) is 7.32. The second-order valence-corrected chi connectivity index (χ2v) is 5.48. The molecular weight excluding hydrogens is 276 g/mol. The van der Waals surface area contributed by atoms with E-state index < -0.39 is 0 Å². The quantitative estimate of drug-likeness (QED) is 0.881. The lowest BCUT2D eigenvalue weighted by molar-refractivity contribution is -0.120. The summed E-state index contributed by atoms with van der Waals surface area (Å²) in [6.07, 6.45) is 0.920. The molecule has 0 radical (unpaired) electrons. The van der Waals surface area contributed by atoms with E-state index in [0.29, 0.717) is 6.54 Å². The smallest absolute Gasteiger partial charge is 0.217 e. The van der Waals surface area contributed by atoms with E-state index in [1.807, 2.05) is 54.6 Å². The largest absolute Gasteiger partial charge is 0.355 e. The van der Waals surface area contributed by atoms with Gasteiger partial charge in [0.05, 0.1) is 6.04 Å². The highest BCUT2D eigenvalue weighted by molar-refractivity contribution is 5.80. The third kappa shape index (κ3) is 2.60. The van der Waals surface area contributed by atoms with Crippen LogP contribution in [0.5, 0.6) is 0 Å². The van der Waals surface area contributed by atoms with Crippen molar-refractivity contribution in [3.05, 3.63) is 65.7 Å². The van der Waals surface area contributed by atoms with E-state index in [2.05, 4.69) is 10.2 Å². The second-order valence-electron chi connectivity index (χ2n) is 5.48. The van der Waals surface area contributed by atoms with E-state index in [0.717, 1.165) is 23.1 Å². The molecule has 0 saturated carbocycles. The van der Waals surface area contributed by atoms with Gasteiger partial charge in [0.1, 0.15) is 12.3 Å². The summed E-state index contributed by atoms with van der Waals surface area (Å²) < 4.78 is 0. The standard InChI is InChI=1S/C18H18N2O2/c1-13(22)19-18-15-9-5-6-10-16(15)20(17(18)12-21)11-14-7-3-2-4-8-14/h2-10,12,17-18H,11H2,1H3,(H,19,22). The Kier molecular flexibility index (Phi) is 3.92. The molecule has 1 amide bonds. The number of para-hydroxylation sites is 1. The van der Waals surface area contributed by atoms with Crippen LogP contribution in [0.15, 0.2) is 54.6 Å². The Balaban J connectivity index is 1.98. The maximum atomic E-state index is 11.7. The van der Waals surface area contributed by atoms with Gasteiger partial charge >= 0.3 is 0 Å². The predicted molar refractivity (Wildman–Crippen MR) is 85.5 cm³/mol. The van der Waals surface area contributed by atoms with Crippen molar-refractivity contribution in [1.29, 1.82) is 0 Å². The number of nitrogens with zero attached hydrogens (tertiary/aromatic N) is 1. The molecule has 4 nitrogen and oxygen atoms in total. The number of carbonyl (C=O) groups excluding carboxylic acids is 2. The Labute approximate surface area is 129 Å². The normalized spacial score (nSPS) is 19.6. The SMILES string of the molecule is CC(=O)NC1c2ccccc2N(Cc2ccccc2)C1C=O. The van der Waals surface area contributed by atoms with Crippen LogP contribution in [0.3, 0.4) is 0 Å². The third-order valence-electron chi connectivity index (χ3n) is 3.98. The molecule has 1 aliphatic rings. The summed E-state index contributed by atoms with van der Waals surface area (Å²) in [6.45, 7) is 2.11. The molecule has 2 unspecified atom stereocenters. The van der Waals surface area contributed by atoms with Gasteiger partial charge in [-0.05, 0) is 11.6 Å². The molecule has 1 aliphatic heterocycles. The number of fused-ring (bicyclic) bond motifs is 1. The Morgan fingerprint density at radius 2 is 1.82 bits per heavy atom. The molecule has 0 spiro atoms.